The quantitative estimate of drug-likeness (QED) is 0.260. The molecule has 5 N–H and O–H groups in total. The number of aryl methyl sites for hydroxylation is 1. The number of rotatable bonds is 4. The fraction of sp³-hybridized carbons (Fsp3) is 0.125. The summed E-state index contributed by atoms with van der Waals surface area (Å²) in [6.45, 7) is 5.76. The molecule has 0 saturated heterocycles. The molecule has 1 heterocycles. The van der Waals surface area contributed by atoms with Crippen molar-refractivity contribution in [2.24, 2.45) is 0 Å². The number of fused-ring (bicyclic) bond motifs is 1. The van der Waals surface area contributed by atoms with E-state index in [2.05, 4.69) is 11.7 Å². The van der Waals surface area contributed by atoms with Crippen molar-refractivity contribution < 1.29 is 9.84 Å². The van der Waals surface area contributed by atoms with Crippen LogP contribution < -0.4 is 11.5 Å². The molecule has 0 radical (unpaired) electrons. The molecule has 0 aliphatic carbocycles. The summed E-state index contributed by atoms with van der Waals surface area (Å²) in [6, 6.07) is 19.5. The van der Waals surface area contributed by atoms with E-state index < -0.39 is 0 Å². The SMILES string of the molecule is C=C(OC)c1cnn(-c2ccccc2)c1N.CCc1cc2ccccc2c(N)c1O. The first-order chi connectivity index (χ1) is 14.5. The molecule has 0 saturated carbocycles. The average Bonchev–Trinajstić information content (AvgIpc) is 3.18. The fourth-order valence-electron chi connectivity index (χ4n) is 3.15. The van der Waals surface area contributed by atoms with Crippen LogP contribution in [0.2, 0.25) is 0 Å². The molecule has 3 aromatic carbocycles. The maximum atomic E-state index is 9.77. The molecule has 0 aliphatic heterocycles. The van der Waals surface area contributed by atoms with E-state index in [1.165, 1.54) is 0 Å². The zero-order valence-corrected chi connectivity index (χ0v) is 17.2. The van der Waals surface area contributed by atoms with Gasteiger partial charge in [0.25, 0.3) is 0 Å². The predicted molar refractivity (Wildman–Crippen MR) is 123 cm³/mol. The Kier molecular flexibility index (Phi) is 6.27. The second-order valence-corrected chi connectivity index (χ2v) is 6.69. The van der Waals surface area contributed by atoms with E-state index in [1.54, 1.807) is 18.0 Å². The van der Waals surface area contributed by atoms with E-state index in [0.29, 0.717) is 22.8 Å². The van der Waals surface area contributed by atoms with E-state index in [1.807, 2.05) is 67.6 Å². The van der Waals surface area contributed by atoms with Crippen LogP contribution in [0.15, 0.2) is 73.4 Å². The Morgan fingerprint density at radius 2 is 1.77 bits per heavy atom. The van der Waals surface area contributed by atoms with Gasteiger partial charge < -0.3 is 21.3 Å². The summed E-state index contributed by atoms with van der Waals surface area (Å²) in [4.78, 5) is 0. The summed E-state index contributed by atoms with van der Waals surface area (Å²) in [5, 5.41) is 16.0. The van der Waals surface area contributed by atoms with E-state index in [4.69, 9.17) is 16.2 Å². The molecule has 6 nitrogen and oxygen atoms in total. The monoisotopic (exact) mass is 402 g/mol. The van der Waals surface area contributed by atoms with Gasteiger partial charge in [-0.2, -0.15) is 5.10 Å². The number of aromatic hydroxyl groups is 1. The maximum Gasteiger partial charge on any atom is 0.142 e. The average molecular weight is 402 g/mol. The van der Waals surface area contributed by atoms with Crippen LogP contribution in [-0.2, 0) is 11.2 Å². The van der Waals surface area contributed by atoms with Crippen molar-refractivity contribution in [1.29, 1.82) is 0 Å². The lowest BCUT2D eigenvalue weighted by molar-refractivity contribution is 0.371. The standard InChI is InChI=1S/C12H13N3O.C12H13NO/c1-9(16-2)11-8-14-15(12(11)13)10-6-4-3-5-7-10;1-2-8-7-9-5-3-4-6-10(9)11(13)12(8)14/h3-8H,1,13H2,2H3;3-7,14H,2,13H2,1H3. The van der Waals surface area contributed by atoms with Crippen molar-refractivity contribution >= 4 is 28.0 Å². The lowest BCUT2D eigenvalue weighted by atomic mass is 10.0. The molecular formula is C24H26N4O2. The number of ether oxygens (including phenoxy) is 1. The lowest BCUT2D eigenvalue weighted by Crippen LogP contribution is -2.02. The summed E-state index contributed by atoms with van der Waals surface area (Å²) in [7, 11) is 1.56. The molecule has 1 aromatic heterocycles. The summed E-state index contributed by atoms with van der Waals surface area (Å²) in [6.07, 6.45) is 2.44. The van der Waals surface area contributed by atoms with Gasteiger partial charge >= 0.3 is 0 Å². The number of anilines is 2. The minimum Gasteiger partial charge on any atom is -0.505 e. The van der Waals surface area contributed by atoms with E-state index in [9.17, 15) is 5.11 Å². The summed E-state index contributed by atoms with van der Waals surface area (Å²) in [5.41, 5.74) is 14.8. The molecule has 6 heteroatoms. The highest BCUT2D eigenvalue weighted by atomic mass is 16.5. The second kappa shape index (κ2) is 9.05. The van der Waals surface area contributed by atoms with Crippen LogP contribution in [0.1, 0.15) is 18.1 Å². The molecule has 0 atom stereocenters. The molecule has 30 heavy (non-hydrogen) atoms. The third-order valence-corrected chi connectivity index (χ3v) is 4.87. The maximum absolute atomic E-state index is 9.77. The Morgan fingerprint density at radius 3 is 2.43 bits per heavy atom. The summed E-state index contributed by atoms with van der Waals surface area (Å²) >= 11 is 0. The third kappa shape index (κ3) is 4.07. The number of methoxy groups -OCH3 is 1. The molecule has 154 valence electrons. The number of para-hydroxylation sites is 1. The highest BCUT2D eigenvalue weighted by Crippen LogP contribution is 2.33. The van der Waals surface area contributed by atoms with Crippen molar-refractivity contribution in [3.63, 3.8) is 0 Å². The van der Waals surface area contributed by atoms with Crippen LogP contribution >= 0.6 is 0 Å². The lowest BCUT2D eigenvalue weighted by Gasteiger charge is -2.08. The molecule has 0 amide bonds. The normalized spacial score (nSPS) is 10.3. The second-order valence-electron chi connectivity index (χ2n) is 6.69. The largest absolute Gasteiger partial charge is 0.505 e. The molecule has 4 aromatic rings. The van der Waals surface area contributed by atoms with Gasteiger partial charge in [-0.3, -0.25) is 0 Å². The highest BCUT2D eigenvalue weighted by Gasteiger charge is 2.11. The van der Waals surface area contributed by atoms with E-state index in [-0.39, 0.29) is 5.75 Å². The van der Waals surface area contributed by atoms with Gasteiger partial charge in [0.2, 0.25) is 0 Å². The number of phenolic OH excluding ortho intramolecular Hbond substituents is 1. The van der Waals surface area contributed by atoms with Gasteiger partial charge in [0, 0.05) is 5.39 Å². The first-order valence-corrected chi connectivity index (χ1v) is 9.59. The van der Waals surface area contributed by atoms with Crippen LogP contribution in [0.5, 0.6) is 5.75 Å². The number of nitrogens with zero attached hydrogens (tertiary/aromatic N) is 2. The Balaban J connectivity index is 0.000000172. The molecule has 0 spiro atoms. The van der Waals surface area contributed by atoms with Crippen LogP contribution in [0, 0.1) is 0 Å². The van der Waals surface area contributed by atoms with Crippen molar-refractivity contribution in [2.75, 3.05) is 18.6 Å². The minimum atomic E-state index is 0.228. The van der Waals surface area contributed by atoms with Crippen LogP contribution in [0.4, 0.5) is 11.5 Å². The Morgan fingerprint density at radius 1 is 1.10 bits per heavy atom. The van der Waals surface area contributed by atoms with Gasteiger partial charge in [-0.05, 0) is 35.6 Å². The molecule has 0 aliphatic rings. The van der Waals surface area contributed by atoms with Crippen LogP contribution in [-0.4, -0.2) is 22.0 Å². The van der Waals surface area contributed by atoms with Gasteiger partial charge in [-0.25, -0.2) is 4.68 Å². The fourth-order valence-corrected chi connectivity index (χ4v) is 3.15. The van der Waals surface area contributed by atoms with E-state index in [0.717, 1.165) is 28.4 Å². The third-order valence-electron chi connectivity index (χ3n) is 4.87. The number of hydrogen-bond acceptors (Lipinski definition) is 5. The zero-order valence-electron chi connectivity index (χ0n) is 17.2. The molecule has 4 rings (SSSR count). The Hall–Kier alpha value is -3.93. The van der Waals surface area contributed by atoms with Crippen LogP contribution in [0.3, 0.4) is 0 Å². The van der Waals surface area contributed by atoms with Crippen LogP contribution in [0.25, 0.3) is 22.2 Å². The van der Waals surface area contributed by atoms with Crippen molar-refractivity contribution in [2.45, 2.75) is 13.3 Å². The van der Waals surface area contributed by atoms with Crippen molar-refractivity contribution in [3.05, 3.63) is 84.6 Å². The van der Waals surface area contributed by atoms with Gasteiger partial charge in [-0.1, -0.05) is 56.0 Å². The zero-order chi connectivity index (χ0) is 21.7. The molecular weight excluding hydrogens is 376 g/mol. The molecule has 0 bridgehead atoms. The predicted octanol–water partition coefficient (Wildman–Crippen LogP) is 4.76. The number of phenols is 1. The van der Waals surface area contributed by atoms with Crippen molar-refractivity contribution in [1.82, 2.24) is 9.78 Å². The summed E-state index contributed by atoms with van der Waals surface area (Å²) < 4.78 is 6.69. The Bertz CT molecular complexity index is 1170. The molecule has 0 unspecified atom stereocenters. The number of nitrogens with two attached hydrogens (primary N) is 2. The van der Waals surface area contributed by atoms with Crippen molar-refractivity contribution in [3.8, 4) is 11.4 Å². The smallest absolute Gasteiger partial charge is 0.142 e. The molecule has 0 fully saturated rings. The number of benzene rings is 3. The summed E-state index contributed by atoms with van der Waals surface area (Å²) in [5.74, 6) is 1.27. The van der Waals surface area contributed by atoms with Gasteiger partial charge in [0.1, 0.15) is 17.3 Å². The van der Waals surface area contributed by atoms with Gasteiger partial charge in [-0.15, -0.1) is 0 Å². The highest BCUT2D eigenvalue weighted by molar-refractivity contribution is 5.96. The number of nitrogen functional groups attached to an aromatic ring is 2. The number of aromatic nitrogens is 2. The van der Waals surface area contributed by atoms with Gasteiger partial charge in [0.15, 0.2) is 0 Å². The van der Waals surface area contributed by atoms with E-state index >= 15 is 0 Å². The minimum absolute atomic E-state index is 0.228. The van der Waals surface area contributed by atoms with Gasteiger partial charge in [0.05, 0.1) is 30.2 Å². The number of hydrogen-bond donors (Lipinski definition) is 3. The topological polar surface area (TPSA) is 99.3 Å². The first-order valence-electron chi connectivity index (χ1n) is 9.59. The first kappa shape index (κ1) is 20.8. The Labute approximate surface area is 176 Å².